The smallest absolute Gasteiger partial charge is 0.0310 e. The third kappa shape index (κ3) is 2.86. The minimum absolute atomic E-state index is 0.761. The van der Waals surface area contributed by atoms with Crippen molar-refractivity contribution in [1.82, 2.24) is 0 Å². The fourth-order valence-electron chi connectivity index (χ4n) is 1.43. The lowest BCUT2D eigenvalue weighted by atomic mass is 10.1. The average molecular weight is 292 g/mol. The molecule has 0 aliphatic heterocycles. The molecule has 0 saturated carbocycles. The van der Waals surface area contributed by atoms with Gasteiger partial charge < -0.3 is 0 Å². The van der Waals surface area contributed by atoms with E-state index in [4.69, 9.17) is 32.0 Å². The molecule has 0 amide bonds. The summed E-state index contributed by atoms with van der Waals surface area (Å²) in [7, 11) is 15.4. The summed E-state index contributed by atoms with van der Waals surface area (Å²) in [6, 6.07) is 17.8. The van der Waals surface area contributed by atoms with Crippen molar-refractivity contribution < 1.29 is 0 Å². The second-order valence-electron chi connectivity index (χ2n) is 3.30. The van der Waals surface area contributed by atoms with Crippen molar-refractivity contribution in [3.63, 3.8) is 0 Å². The zero-order valence-corrected chi connectivity index (χ0v) is 11.3. The lowest BCUT2D eigenvalue weighted by molar-refractivity contribution is 1.46. The van der Waals surface area contributed by atoms with Gasteiger partial charge in [-0.3, -0.25) is 0 Å². The van der Waals surface area contributed by atoms with Crippen LogP contribution in [-0.2, 0) is 0 Å². The van der Waals surface area contributed by atoms with Gasteiger partial charge in [-0.25, -0.2) is 0 Å². The van der Waals surface area contributed by atoms with Crippen molar-refractivity contribution in [3.8, 4) is 11.1 Å². The Hall–Kier alpha value is -0.340. The first-order chi connectivity index (χ1) is 7.57. The van der Waals surface area contributed by atoms with Crippen LogP contribution in [-0.4, -0.2) is 0 Å². The Kier molecular flexibility index (Phi) is 3.70. The lowest BCUT2D eigenvalue weighted by Gasteiger charge is -2.15. The minimum Gasteiger partial charge on any atom is -0.0622 e. The highest BCUT2D eigenvalue weighted by atomic mass is 36.2. The lowest BCUT2D eigenvalue weighted by Crippen LogP contribution is -1.79. The Balaban J connectivity index is 2.34. The molecule has 84 valence electrons. The fourth-order valence-corrected chi connectivity index (χ4v) is 2.80. The van der Waals surface area contributed by atoms with Gasteiger partial charge in [-0.2, -0.15) is 0 Å². The van der Waals surface area contributed by atoms with Crippen LogP contribution < -0.4 is 0 Å². The zero-order valence-electron chi connectivity index (χ0n) is 8.24. The van der Waals surface area contributed by atoms with Crippen LogP contribution in [0.25, 0.3) is 11.1 Å². The quantitative estimate of drug-likeness (QED) is 0.638. The fraction of sp³-hybridized carbons (Fsp3) is 0. The van der Waals surface area contributed by atoms with Crippen molar-refractivity contribution in [2.75, 3.05) is 0 Å². The van der Waals surface area contributed by atoms with Crippen LogP contribution in [0.3, 0.4) is 0 Å². The van der Waals surface area contributed by atoms with Crippen molar-refractivity contribution in [1.29, 1.82) is 0 Å². The average Bonchev–Trinajstić information content (AvgIpc) is 2.29. The third-order valence-electron chi connectivity index (χ3n) is 2.23. The number of hydrogen-bond donors (Lipinski definition) is 0. The van der Waals surface area contributed by atoms with Gasteiger partial charge in [-0.05, 0) is 55.3 Å². The van der Waals surface area contributed by atoms with E-state index in [0.717, 1.165) is 16.0 Å². The molecule has 0 N–H and O–H groups in total. The van der Waals surface area contributed by atoms with Crippen LogP contribution >= 0.6 is 39.7 Å². The summed E-state index contributed by atoms with van der Waals surface area (Å²) in [5.41, 5.74) is 2.28. The summed E-state index contributed by atoms with van der Waals surface area (Å²) in [5, 5.41) is 0. The van der Waals surface area contributed by atoms with E-state index in [0.29, 0.717) is 0 Å². The molecule has 0 nitrogen and oxygen atoms in total. The molecule has 0 saturated heterocycles. The molecular formula is C12H9Cl3S. The minimum atomic E-state index is -2.19. The number of hydrogen-bond acceptors (Lipinski definition) is 0. The maximum absolute atomic E-state index is 5.87. The Morgan fingerprint density at radius 3 is 1.62 bits per heavy atom. The Morgan fingerprint density at radius 1 is 0.625 bits per heavy atom. The second-order valence-corrected chi connectivity index (χ2v) is 10.2. The van der Waals surface area contributed by atoms with E-state index >= 15 is 0 Å². The molecule has 0 unspecified atom stereocenters. The highest BCUT2D eigenvalue weighted by Gasteiger charge is 2.16. The van der Waals surface area contributed by atoms with Crippen LogP contribution in [0.4, 0.5) is 0 Å². The Morgan fingerprint density at radius 2 is 1.12 bits per heavy atom. The van der Waals surface area contributed by atoms with Gasteiger partial charge in [-0.1, -0.05) is 42.5 Å². The van der Waals surface area contributed by atoms with E-state index < -0.39 is 7.67 Å². The molecule has 0 aliphatic carbocycles. The zero-order chi connectivity index (χ0) is 11.6. The highest BCUT2D eigenvalue weighted by Crippen LogP contribution is 2.69. The monoisotopic (exact) mass is 290 g/mol. The van der Waals surface area contributed by atoms with Crippen LogP contribution in [0.15, 0.2) is 59.5 Å². The molecule has 4 heteroatoms. The molecule has 0 radical (unpaired) electrons. The van der Waals surface area contributed by atoms with Crippen LogP contribution in [0.2, 0.25) is 0 Å². The molecule has 2 aromatic rings. The summed E-state index contributed by atoms with van der Waals surface area (Å²) in [5.74, 6) is 0. The van der Waals surface area contributed by atoms with Crippen molar-refractivity contribution in [3.05, 3.63) is 54.6 Å². The summed E-state index contributed by atoms with van der Waals surface area (Å²) >= 11 is 0. The summed E-state index contributed by atoms with van der Waals surface area (Å²) in [4.78, 5) is 0.761. The van der Waals surface area contributed by atoms with Crippen LogP contribution in [0, 0.1) is 0 Å². The third-order valence-corrected chi connectivity index (χ3v) is 4.64. The second kappa shape index (κ2) is 4.89. The molecule has 16 heavy (non-hydrogen) atoms. The van der Waals surface area contributed by atoms with E-state index in [1.807, 2.05) is 42.5 Å². The van der Waals surface area contributed by atoms with Gasteiger partial charge in [-0.15, -0.1) is 0 Å². The van der Waals surface area contributed by atoms with Crippen molar-refractivity contribution in [2.45, 2.75) is 4.90 Å². The van der Waals surface area contributed by atoms with Gasteiger partial charge in [0.25, 0.3) is 0 Å². The van der Waals surface area contributed by atoms with Crippen LogP contribution in [0.1, 0.15) is 0 Å². The van der Waals surface area contributed by atoms with Gasteiger partial charge in [0.05, 0.1) is 0 Å². The largest absolute Gasteiger partial charge is 0.0622 e. The number of benzene rings is 2. The maximum atomic E-state index is 5.87. The molecule has 0 bridgehead atoms. The molecule has 0 aromatic heterocycles. The van der Waals surface area contributed by atoms with E-state index in [-0.39, 0.29) is 0 Å². The van der Waals surface area contributed by atoms with E-state index in [1.54, 1.807) is 0 Å². The normalized spacial score (nSPS) is 12.4. The highest BCUT2D eigenvalue weighted by molar-refractivity contribution is 8.79. The molecule has 0 fully saturated rings. The van der Waals surface area contributed by atoms with Crippen molar-refractivity contribution >= 4 is 39.7 Å². The molecule has 0 heterocycles. The van der Waals surface area contributed by atoms with Gasteiger partial charge in [0.2, 0.25) is 0 Å². The van der Waals surface area contributed by atoms with Gasteiger partial charge in [0.15, 0.2) is 0 Å². The molecular weight excluding hydrogens is 283 g/mol. The Bertz CT molecular complexity index is 460. The predicted molar refractivity (Wildman–Crippen MR) is 75.3 cm³/mol. The molecule has 0 atom stereocenters. The first-order valence-corrected chi connectivity index (χ1v) is 8.76. The maximum Gasteiger partial charge on any atom is 0.0310 e. The van der Waals surface area contributed by atoms with Crippen molar-refractivity contribution in [2.24, 2.45) is 0 Å². The van der Waals surface area contributed by atoms with Gasteiger partial charge in [0, 0.05) is 12.6 Å². The molecule has 2 aromatic carbocycles. The summed E-state index contributed by atoms with van der Waals surface area (Å²) in [6.45, 7) is 0. The first-order valence-electron chi connectivity index (χ1n) is 4.65. The first kappa shape index (κ1) is 12.1. The Labute approximate surface area is 110 Å². The standard InChI is InChI=1S/C12H9Cl3S/c13-16(14,15)12-8-6-11(7-9-12)10-4-2-1-3-5-10/h1-9H. The van der Waals surface area contributed by atoms with Gasteiger partial charge >= 0.3 is 0 Å². The van der Waals surface area contributed by atoms with Gasteiger partial charge in [0.1, 0.15) is 0 Å². The van der Waals surface area contributed by atoms with Crippen LogP contribution in [0.5, 0.6) is 0 Å². The summed E-state index contributed by atoms with van der Waals surface area (Å²) in [6.07, 6.45) is 0. The number of halogens is 3. The molecule has 0 aliphatic rings. The SMILES string of the molecule is ClS(Cl)(Cl)c1ccc(-c2ccccc2)cc1. The molecule has 2 rings (SSSR count). The number of rotatable bonds is 2. The van der Waals surface area contributed by atoms with E-state index in [9.17, 15) is 0 Å². The topological polar surface area (TPSA) is 0 Å². The van der Waals surface area contributed by atoms with E-state index in [1.165, 1.54) is 0 Å². The summed E-state index contributed by atoms with van der Waals surface area (Å²) < 4.78 is 0. The van der Waals surface area contributed by atoms with E-state index in [2.05, 4.69) is 12.1 Å². The predicted octanol–water partition coefficient (Wildman–Crippen LogP) is 5.98. The molecule has 0 spiro atoms.